The van der Waals surface area contributed by atoms with Crippen molar-refractivity contribution in [2.75, 3.05) is 26.7 Å². The quantitative estimate of drug-likeness (QED) is 0.814. The summed E-state index contributed by atoms with van der Waals surface area (Å²) >= 11 is 0. The van der Waals surface area contributed by atoms with Gasteiger partial charge in [0.1, 0.15) is 0 Å². The van der Waals surface area contributed by atoms with Gasteiger partial charge in [-0.15, -0.1) is 0 Å². The lowest BCUT2D eigenvalue weighted by Crippen LogP contribution is -2.48. The molecule has 1 heterocycles. The second-order valence-electron chi connectivity index (χ2n) is 7.42. The van der Waals surface area contributed by atoms with Crippen molar-refractivity contribution in [1.82, 2.24) is 10.2 Å². The van der Waals surface area contributed by atoms with Gasteiger partial charge in [0, 0.05) is 25.7 Å². The van der Waals surface area contributed by atoms with Crippen LogP contribution in [0, 0.1) is 11.8 Å². The van der Waals surface area contributed by atoms with Crippen LogP contribution in [0.1, 0.15) is 58.8 Å². The van der Waals surface area contributed by atoms with Gasteiger partial charge in [0.25, 0.3) is 0 Å². The molecule has 0 amide bonds. The van der Waals surface area contributed by atoms with Gasteiger partial charge in [-0.1, -0.05) is 19.8 Å². The van der Waals surface area contributed by atoms with E-state index in [1.807, 2.05) is 6.92 Å². The number of likely N-dealkylation sites (tertiary alicyclic amines) is 1. The van der Waals surface area contributed by atoms with E-state index >= 15 is 0 Å². The summed E-state index contributed by atoms with van der Waals surface area (Å²) in [7, 11) is 2.12. The fraction of sp³-hybridized carbons (Fsp3) is 1.00. The Bertz CT molecular complexity index is 283. The molecule has 118 valence electrons. The minimum absolute atomic E-state index is 0.420. The van der Waals surface area contributed by atoms with E-state index in [1.165, 1.54) is 38.6 Å². The van der Waals surface area contributed by atoms with E-state index in [2.05, 4.69) is 24.2 Å². The molecule has 1 aliphatic carbocycles. The third kappa shape index (κ3) is 4.44. The lowest BCUT2D eigenvalue weighted by Gasteiger charge is -2.42. The molecule has 2 aliphatic rings. The number of piperidine rings is 1. The zero-order chi connectivity index (χ0) is 14.6. The molecule has 2 N–H and O–H groups in total. The molecule has 0 radical (unpaired) electrons. The third-order valence-electron chi connectivity index (χ3n) is 5.58. The Labute approximate surface area is 125 Å². The number of hydrogen-bond donors (Lipinski definition) is 2. The van der Waals surface area contributed by atoms with Crippen LogP contribution >= 0.6 is 0 Å². The molecule has 0 bridgehead atoms. The van der Waals surface area contributed by atoms with E-state index in [-0.39, 0.29) is 0 Å². The normalized spacial score (nSPS) is 35.1. The second-order valence-corrected chi connectivity index (χ2v) is 7.42. The third-order valence-corrected chi connectivity index (χ3v) is 5.58. The van der Waals surface area contributed by atoms with Crippen LogP contribution in [-0.4, -0.2) is 48.3 Å². The molecule has 0 aromatic heterocycles. The van der Waals surface area contributed by atoms with Gasteiger partial charge in [-0.25, -0.2) is 0 Å². The van der Waals surface area contributed by atoms with Gasteiger partial charge in [-0.2, -0.15) is 0 Å². The molecule has 1 aliphatic heterocycles. The molecule has 2 fully saturated rings. The second kappa shape index (κ2) is 7.24. The smallest absolute Gasteiger partial charge is 0.0644 e. The highest BCUT2D eigenvalue weighted by Gasteiger charge is 2.33. The van der Waals surface area contributed by atoms with Crippen LogP contribution in [0.4, 0.5) is 0 Å². The number of aliphatic hydroxyl groups is 1. The van der Waals surface area contributed by atoms with Gasteiger partial charge >= 0.3 is 0 Å². The summed E-state index contributed by atoms with van der Waals surface area (Å²) in [6.07, 6.45) is 8.74. The summed E-state index contributed by atoms with van der Waals surface area (Å²) in [6.45, 7) is 7.66. The van der Waals surface area contributed by atoms with Crippen molar-refractivity contribution < 1.29 is 5.11 Å². The van der Waals surface area contributed by atoms with Crippen LogP contribution in [0.3, 0.4) is 0 Å². The Morgan fingerprint density at radius 1 is 1.25 bits per heavy atom. The average Bonchev–Trinajstić information content (AvgIpc) is 2.42. The van der Waals surface area contributed by atoms with Crippen LogP contribution in [0.2, 0.25) is 0 Å². The first-order chi connectivity index (χ1) is 9.54. The molecule has 3 heteroatoms. The van der Waals surface area contributed by atoms with E-state index < -0.39 is 5.60 Å². The number of nitrogens with one attached hydrogen (secondary N) is 1. The predicted molar refractivity (Wildman–Crippen MR) is 84.9 cm³/mol. The van der Waals surface area contributed by atoms with Gasteiger partial charge in [-0.3, -0.25) is 0 Å². The largest absolute Gasteiger partial charge is 0.390 e. The Hall–Kier alpha value is -0.120. The Morgan fingerprint density at radius 3 is 2.55 bits per heavy atom. The van der Waals surface area contributed by atoms with E-state index in [9.17, 15) is 5.11 Å². The van der Waals surface area contributed by atoms with Crippen LogP contribution in [-0.2, 0) is 0 Å². The molecular formula is C17H34N2O. The molecule has 1 saturated carbocycles. The van der Waals surface area contributed by atoms with Crippen LogP contribution < -0.4 is 5.32 Å². The molecule has 0 spiro atoms. The summed E-state index contributed by atoms with van der Waals surface area (Å²) in [5.74, 6) is 1.75. The molecule has 3 unspecified atom stereocenters. The average molecular weight is 282 g/mol. The molecule has 0 aromatic carbocycles. The van der Waals surface area contributed by atoms with Gasteiger partial charge in [0.15, 0.2) is 0 Å². The minimum Gasteiger partial charge on any atom is -0.390 e. The SMILES string of the molecule is CCCC1CCC(NC)C(CN2CCC(C)(O)CC2)C1. The minimum atomic E-state index is -0.420. The van der Waals surface area contributed by atoms with Gasteiger partial charge in [0.2, 0.25) is 0 Å². The van der Waals surface area contributed by atoms with Crippen molar-refractivity contribution in [3.63, 3.8) is 0 Å². The summed E-state index contributed by atoms with van der Waals surface area (Å²) in [5, 5.41) is 13.6. The molecule has 2 rings (SSSR count). The van der Waals surface area contributed by atoms with Crippen LogP contribution in [0.25, 0.3) is 0 Å². The van der Waals surface area contributed by atoms with Gasteiger partial charge < -0.3 is 15.3 Å². The highest BCUT2D eigenvalue weighted by Crippen LogP contribution is 2.33. The molecular weight excluding hydrogens is 248 g/mol. The van der Waals surface area contributed by atoms with Crippen molar-refractivity contribution in [3.8, 4) is 0 Å². The van der Waals surface area contributed by atoms with Crippen molar-refractivity contribution in [3.05, 3.63) is 0 Å². The molecule has 3 atom stereocenters. The zero-order valence-corrected chi connectivity index (χ0v) is 13.7. The van der Waals surface area contributed by atoms with Gasteiger partial charge in [0.05, 0.1) is 5.60 Å². The van der Waals surface area contributed by atoms with E-state index in [0.717, 1.165) is 37.8 Å². The van der Waals surface area contributed by atoms with Crippen molar-refractivity contribution in [1.29, 1.82) is 0 Å². The molecule has 20 heavy (non-hydrogen) atoms. The summed E-state index contributed by atoms with van der Waals surface area (Å²) in [4.78, 5) is 2.58. The highest BCUT2D eigenvalue weighted by atomic mass is 16.3. The van der Waals surface area contributed by atoms with E-state index in [4.69, 9.17) is 0 Å². The Morgan fingerprint density at radius 2 is 1.95 bits per heavy atom. The number of rotatable bonds is 5. The number of hydrogen-bond acceptors (Lipinski definition) is 3. The van der Waals surface area contributed by atoms with Crippen LogP contribution in [0.5, 0.6) is 0 Å². The standard InChI is InChI=1S/C17H34N2O/c1-4-5-14-6-7-16(18-3)15(12-14)13-19-10-8-17(2,20)9-11-19/h14-16,18,20H,4-13H2,1-3H3. The molecule has 0 aromatic rings. The maximum absolute atomic E-state index is 10.1. The van der Waals surface area contributed by atoms with Crippen molar-refractivity contribution >= 4 is 0 Å². The lowest BCUT2D eigenvalue weighted by molar-refractivity contribution is -0.0126. The Kier molecular flexibility index (Phi) is 5.88. The summed E-state index contributed by atoms with van der Waals surface area (Å²) < 4.78 is 0. The lowest BCUT2D eigenvalue weighted by atomic mass is 9.76. The summed E-state index contributed by atoms with van der Waals surface area (Å²) in [6, 6.07) is 0.700. The fourth-order valence-electron chi connectivity index (χ4n) is 4.16. The molecule has 1 saturated heterocycles. The molecule has 3 nitrogen and oxygen atoms in total. The van der Waals surface area contributed by atoms with Gasteiger partial charge in [-0.05, 0) is 57.9 Å². The summed E-state index contributed by atoms with van der Waals surface area (Å²) in [5.41, 5.74) is -0.420. The topological polar surface area (TPSA) is 35.5 Å². The van der Waals surface area contributed by atoms with E-state index in [0.29, 0.717) is 6.04 Å². The number of nitrogens with zero attached hydrogens (tertiary/aromatic N) is 1. The first-order valence-corrected chi connectivity index (χ1v) is 8.66. The monoisotopic (exact) mass is 282 g/mol. The first-order valence-electron chi connectivity index (χ1n) is 8.66. The highest BCUT2D eigenvalue weighted by molar-refractivity contribution is 4.88. The van der Waals surface area contributed by atoms with Crippen molar-refractivity contribution in [2.24, 2.45) is 11.8 Å². The van der Waals surface area contributed by atoms with Crippen LogP contribution in [0.15, 0.2) is 0 Å². The maximum atomic E-state index is 10.1. The van der Waals surface area contributed by atoms with Crippen molar-refractivity contribution in [2.45, 2.75) is 70.4 Å². The predicted octanol–water partition coefficient (Wildman–Crippen LogP) is 2.64. The first kappa shape index (κ1) is 16.3. The fourth-order valence-corrected chi connectivity index (χ4v) is 4.16. The van der Waals surface area contributed by atoms with E-state index in [1.54, 1.807) is 0 Å². The zero-order valence-electron chi connectivity index (χ0n) is 13.7. The Balaban J connectivity index is 1.85. The maximum Gasteiger partial charge on any atom is 0.0644 e.